The molecule has 0 aromatic rings. The lowest BCUT2D eigenvalue weighted by molar-refractivity contribution is -0.149. The first-order valence-corrected chi connectivity index (χ1v) is 9.34. The van der Waals surface area contributed by atoms with E-state index in [1.54, 1.807) is 0 Å². The van der Waals surface area contributed by atoms with Crippen LogP contribution in [0.5, 0.6) is 0 Å². The van der Waals surface area contributed by atoms with Crippen LogP contribution in [0.25, 0.3) is 0 Å². The molecule has 2 aliphatic carbocycles. The van der Waals surface area contributed by atoms with Crippen molar-refractivity contribution in [2.75, 3.05) is 32.7 Å². The highest BCUT2D eigenvalue weighted by molar-refractivity contribution is 9.10. The van der Waals surface area contributed by atoms with Crippen LogP contribution in [0.4, 0.5) is 0 Å². The molecule has 0 aromatic heterocycles. The lowest BCUT2D eigenvalue weighted by Gasteiger charge is -2.45. The summed E-state index contributed by atoms with van der Waals surface area (Å²) in [4.78, 5) is 30.2. The number of rotatable bonds is 2. The zero-order valence-corrected chi connectivity index (χ0v) is 15.7. The molecular formula is C17H27BrN2O2. The molecule has 1 saturated heterocycles. The number of fused-ring (bicyclic) bond motifs is 2. The number of piperazine rings is 1. The number of carbonyl (C=O) groups excluding carboxylic acids is 2. The molecular weight excluding hydrogens is 344 g/mol. The fraction of sp³-hybridized carbons (Fsp3) is 0.882. The van der Waals surface area contributed by atoms with Crippen molar-refractivity contribution in [3.8, 4) is 0 Å². The van der Waals surface area contributed by atoms with Gasteiger partial charge in [0.25, 0.3) is 0 Å². The smallest absolute Gasteiger partial charge is 0.231 e. The molecule has 4 nitrogen and oxygen atoms in total. The summed E-state index contributed by atoms with van der Waals surface area (Å²) in [5.74, 6) is 0.425. The van der Waals surface area contributed by atoms with Gasteiger partial charge < -0.3 is 9.80 Å². The van der Waals surface area contributed by atoms with E-state index in [2.05, 4.69) is 48.5 Å². The number of carbonyl (C=O) groups is 2. The molecule has 0 spiro atoms. The van der Waals surface area contributed by atoms with Crippen LogP contribution in [0.3, 0.4) is 0 Å². The number of likely N-dealkylation sites (N-methyl/N-ethyl adjacent to an activating group) is 1. The molecule has 124 valence electrons. The highest BCUT2D eigenvalue weighted by Gasteiger charge is 2.77. The maximum Gasteiger partial charge on any atom is 0.231 e. The second-order valence-electron chi connectivity index (χ2n) is 7.88. The maximum absolute atomic E-state index is 13.4. The molecule has 0 aromatic carbocycles. The Morgan fingerprint density at radius 2 is 1.77 bits per heavy atom. The van der Waals surface area contributed by atoms with Crippen LogP contribution in [0.15, 0.2) is 0 Å². The van der Waals surface area contributed by atoms with Crippen molar-refractivity contribution < 1.29 is 9.59 Å². The van der Waals surface area contributed by atoms with Crippen molar-refractivity contribution in [2.24, 2.45) is 16.2 Å². The van der Waals surface area contributed by atoms with Crippen LogP contribution >= 0.6 is 15.9 Å². The summed E-state index contributed by atoms with van der Waals surface area (Å²) >= 11 is 3.61. The molecule has 3 fully saturated rings. The lowest BCUT2D eigenvalue weighted by atomic mass is 9.64. The molecule has 0 radical (unpaired) electrons. The van der Waals surface area contributed by atoms with Crippen molar-refractivity contribution >= 4 is 27.6 Å². The summed E-state index contributed by atoms with van der Waals surface area (Å²) in [7, 11) is 0. The Kier molecular flexibility index (Phi) is 3.76. The minimum absolute atomic E-state index is 0.199. The number of ketones is 1. The minimum Gasteiger partial charge on any atom is -0.340 e. The molecule has 2 bridgehead atoms. The Morgan fingerprint density at radius 1 is 1.18 bits per heavy atom. The van der Waals surface area contributed by atoms with Crippen LogP contribution in [0.1, 0.15) is 40.5 Å². The number of nitrogens with zero attached hydrogens (tertiary/aromatic N) is 2. The average molecular weight is 371 g/mol. The first kappa shape index (κ1) is 16.4. The highest BCUT2D eigenvalue weighted by atomic mass is 79.9. The van der Waals surface area contributed by atoms with Gasteiger partial charge in [-0.3, -0.25) is 9.59 Å². The summed E-state index contributed by atoms with van der Waals surface area (Å²) in [6.07, 6.45) is 1.66. The summed E-state index contributed by atoms with van der Waals surface area (Å²) in [5.41, 5.74) is -1.22. The van der Waals surface area contributed by atoms with Crippen LogP contribution in [0.2, 0.25) is 0 Å². The van der Waals surface area contributed by atoms with E-state index in [1.165, 1.54) is 0 Å². The van der Waals surface area contributed by atoms with Crippen LogP contribution in [0, 0.1) is 16.2 Å². The topological polar surface area (TPSA) is 40.6 Å². The van der Waals surface area contributed by atoms with Crippen molar-refractivity contribution in [1.82, 2.24) is 9.80 Å². The Hall–Kier alpha value is -0.420. The van der Waals surface area contributed by atoms with Crippen molar-refractivity contribution in [2.45, 2.75) is 45.4 Å². The molecule has 0 N–H and O–H groups in total. The molecule has 0 unspecified atom stereocenters. The quantitative estimate of drug-likeness (QED) is 0.700. The van der Waals surface area contributed by atoms with Crippen molar-refractivity contribution in [1.29, 1.82) is 0 Å². The minimum atomic E-state index is -0.562. The van der Waals surface area contributed by atoms with Crippen LogP contribution < -0.4 is 0 Å². The second kappa shape index (κ2) is 5.04. The Balaban J connectivity index is 1.90. The summed E-state index contributed by atoms with van der Waals surface area (Å²) in [6, 6.07) is 0. The Bertz CT molecular complexity index is 513. The standard InChI is InChI=1S/C17H27BrN2O2/c1-5-19-8-10-20(11-9-19)14(22)17-7-6-16(4,15(17,2)3)13(21)12(17)18/h12H,5-11H2,1-4H3/t12-,16-,17+/m1/s1. The molecule has 3 atom stereocenters. The predicted octanol–water partition coefficient (Wildman–Crippen LogP) is 2.31. The normalized spacial score (nSPS) is 41.2. The fourth-order valence-corrected chi connectivity index (χ4v) is 6.48. The Labute approximate surface area is 141 Å². The Morgan fingerprint density at radius 3 is 2.23 bits per heavy atom. The molecule has 22 heavy (non-hydrogen) atoms. The molecule has 3 aliphatic rings. The predicted molar refractivity (Wildman–Crippen MR) is 90.0 cm³/mol. The van der Waals surface area contributed by atoms with Gasteiger partial charge in [-0.25, -0.2) is 0 Å². The zero-order valence-electron chi connectivity index (χ0n) is 14.1. The first-order chi connectivity index (χ1) is 10.2. The molecule has 1 aliphatic heterocycles. The number of alkyl halides is 1. The van der Waals surface area contributed by atoms with E-state index in [1.807, 2.05) is 4.90 Å². The summed E-state index contributed by atoms with van der Waals surface area (Å²) < 4.78 is 0. The summed E-state index contributed by atoms with van der Waals surface area (Å²) in [6.45, 7) is 13.0. The number of Topliss-reactive ketones (excluding diaryl/α,β-unsaturated/α-hetero) is 1. The van der Waals surface area contributed by atoms with E-state index in [0.717, 1.165) is 45.6 Å². The van der Waals surface area contributed by atoms with Crippen LogP contribution in [-0.2, 0) is 9.59 Å². The molecule has 1 heterocycles. The van der Waals surface area contributed by atoms with Gasteiger partial charge >= 0.3 is 0 Å². The number of hydrogen-bond donors (Lipinski definition) is 0. The first-order valence-electron chi connectivity index (χ1n) is 8.42. The fourth-order valence-electron chi connectivity index (χ4n) is 4.97. The number of hydrogen-bond acceptors (Lipinski definition) is 3. The third-order valence-electron chi connectivity index (χ3n) is 7.21. The number of halogens is 1. The van der Waals surface area contributed by atoms with Gasteiger partial charge in [0, 0.05) is 31.6 Å². The molecule has 1 amide bonds. The average Bonchev–Trinajstić information content (AvgIpc) is 2.79. The van der Waals surface area contributed by atoms with E-state index < -0.39 is 5.41 Å². The van der Waals surface area contributed by atoms with E-state index in [9.17, 15) is 9.59 Å². The van der Waals surface area contributed by atoms with Crippen LogP contribution in [-0.4, -0.2) is 59.0 Å². The van der Waals surface area contributed by atoms with Gasteiger partial charge in [0.05, 0.1) is 10.2 Å². The highest BCUT2D eigenvalue weighted by Crippen LogP contribution is 2.72. The lowest BCUT2D eigenvalue weighted by Crippen LogP contribution is -2.57. The zero-order chi connectivity index (χ0) is 16.3. The molecule has 5 heteroatoms. The van der Waals surface area contributed by atoms with Gasteiger partial charge in [-0.15, -0.1) is 0 Å². The molecule has 3 rings (SSSR count). The van der Waals surface area contributed by atoms with E-state index in [-0.39, 0.29) is 27.3 Å². The third kappa shape index (κ3) is 1.73. The summed E-state index contributed by atoms with van der Waals surface area (Å²) in [5, 5.41) is 0. The monoisotopic (exact) mass is 370 g/mol. The third-order valence-corrected chi connectivity index (χ3v) is 8.41. The largest absolute Gasteiger partial charge is 0.340 e. The van der Waals surface area contributed by atoms with Crippen molar-refractivity contribution in [3.63, 3.8) is 0 Å². The van der Waals surface area contributed by atoms with E-state index in [4.69, 9.17) is 0 Å². The second-order valence-corrected chi connectivity index (χ2v) is 8.80. The van der Waals surface area contributed by atoms with Gasteiger partial charge in [0.15, 0.2) is 5.78 Å². The van der Waals surface area contributed by atoms with Crippen molar-refractivity contribution in [3.05, 3.63) is 0 Å². The maximum atomic E-state index is 13.4. The molecule has 2 saturated carbocycles. The number of amides is 1. The van der Waals surface area contributed by atoms with E-state index in [0.29, 0.717) is 0 Å². The van der Waals surface area contributed by atoms with E-state index >= 15 is 0 Å². The van der Waals surface area contributed by atoms with Gasteiger partial charge in [0.2, 0.25) is 5.91 Å². The van der Waals surface area contributed by atoms with Gasteiger partial charge in [-0.1, -0.05) is 43.6 Å². The SMILES string of the molecule is CCN1CCN(C(=O)[C@]23CC[C@](C)(C(=O)[C@H]2Br)C3(C)C)CC1. The van der Waals surface area contributed by atoms with Gasteiger partial charge in [-0.2, -0.15) is 0 Å². The van der Waals surface area contributed by atoms with Gasteiger partial charge in [-0.05, 0) is 24.8 Å². The van der Waals surface area contributed by atoms with Gasteiger partial charge in [0.1, 0.15) is 0 Å².